The molecule has 1 fully saturated rings. The number of hydrogen-bond donors (Lipinski definition) is 2. The zero-order valence-electron chi connectivity index (χ0n) is 10.5. The van der Waals surface area contributed by atoms with E-state index < -0.39 is 11.9 Å². The van der Waals surface area contributed by atoms with Gasteiger partial charge in [0, 0.05) is 12.6 Å². The average molecular weight is 305 g/mol. The van der Waals surface area contributed by atoms with E-state index in [1.165, 1.54) is 6.07 Å². The minimum Gasteiger partial charge on any atom is -0.395 e. The maximum absolute atomic E-state index is 12.8. The zero-order valence-corrected chi connectivity index (χ0v) is 11.3. The minimum absolute atomic E-state index is 0.00943. The van der Waals surface area contributed by atoms with Crippen molar-refractivity contribution in [2.45, 2.75) is 25.1 Å². The largest absolute Gasteiger partial charge is 0.433 e. The molecule has 0 unspecified atom stereocenters. The van der Waals surface area contributed by atoms with Crippen LogP contribution in [0.5, 0.6) is 0 Å². The van der Waals surface area contributed by atoms with Gasteiger partial charge in [-0.1, -0.05) is 12.2 Å². The van der Waals surface area contributed by atoms with Crippen molar-refractivity contribution in [1.82, 2.24) is 4.98 Å². The van der Waals surface area contributed by atoms with Crippen LogP contribution in [0.4, 0.5) is 19.0 Å². The van der Waals surface area contributed by atoms with E-state index in [1.807, 2.05) is 0 Å². The monoisotopic (exact) mass is 305 g/mol. The smallest absolute Gasteiger partial charge is 0.395 e. The summed E-state index contributed by atoms with van der Waals surface area (Å²) in [5, 5.41) is 9.08. The fourth-order valence-electron chi connectivity index (χ4n) is 1.97. The van der Waals surface area contributed by atoms with Gasteiger partial charge in [0.1, 0.15) is 16.5 Å². The molecule has 0 saturated heterocycles. The normalized spacial score (nSPS) is 15.2. The molecule has 2 rings (SSSR count). The molecule has 3 N–H and O–H groups in total. The molecule has 1 aliphatic rings. The summed E-state index contributed by atoms with van der Waals surface area (Å²) in [7, 11) is 0. The van der Waals surface area contributed by atoms with Gasteiger partial charge >= 0.3 is 6.18 Å². The lowest BCUT2D eigenvalue weighted by Crippen LogP contribution is -2.32. The highest BCUT2D eigenvalue weighted by molar-refractivity contribution is 7.80. The molecular formula is C12H14F3N3OS. The number of nitrogens with zero attached hydrogens (tertiary/aromatic N) is 2. The molecule has 0 atom stereocenters. The summed E-state index contributed by atoms with van der Waals surface area (Å²) in [5.74, 6) is 0.101. The van der Waals surface area contributed by atoms with E-state index in [2.05, 4.69) is 4.98 Å². The van der Waals surface area contributed by atoms with Crippen molar-refractivity contribution in [2.75, 3.05) is 18.1 Å². The van der Waals surface area contributed by atoms with Gasteiger partial charge in [-0.25, -0.2) is 4.98 Å². The van der Waals surface area contributed by atoms with Crippen LogP contribution in [0.1, 0.15) is 24.1 Å². The molecule has 110 valence electrons. The Morgan fingerprint density at radius 1 is 1.45 bits per heavy atom. The maximum Gasteiger partial charge on any atom is 0.433 e. The lowest BCUT2D eigenvalue weighted by Gasteiger charge is -2.25. The first kappa shape index (κ1) is 15.0. The summed E-state index contributed by atoms with van der Waals surface area (Å²) in [4.78, 5) is 5.30. The molecule has 4 nitrogen and oxygen atoms in total. The van der Waals surface area contributed by atoms with E-state index in [4.69, 9.17) is 23.1 Å². The number of aromatic nitrogens is 1. The molecule has 1 saturated carbocycles. The molecule has 0 bridgehead atoms. The van der Waals surface area contributed by atoms with Crippen LogP contribution < -0.4 is 10.6 Å². The van der Waals surface area contributed by atoms with Crippen molar-refractivity contribution in [3.63, 3.8) is 0 Å². The number of rotatable bonds is 5. The molecule has 0 amide bonds. The quantitative estimate of drug-likeness (QED) is 0.811. The Balaban J connectivity index is 2.48. The molecule has 0 radical (unpaired) electrons. The number of nitrogens with two attached hydrogens (primary N) is 1. The van der Waals surface area contributed by atoms with E-state index in [-0.39, 0.29) is 30.0 Å². The van der Waals surface area contributed by atoms with Crippen LogP contribution in [0.15, 0.2) is 12.1 Å². The van der Waals surface area contributed by atoms with Crippen molar-refractivity contribution in [3.05, 3.63) is 23.4 Å². The van der Waals surface area contributed by atoms with Gasteiger partial charge in [0.2, 0.25) is 0 Å². The molecule has 1 aromatic rings. The molecule has 0 aliphatic heterocycles. The number of halogens is 3. The van der Waals surface area contributed by atoms with Crippen LogP contribution in [0.3, 0.4) is 0 Å². The highest BCUT2D eigenvalue weighted by Crippen LogP contribution is 2.35. The van der Waals surface area contributed by atoms with Gasteiger partial charge in [0.15, 0.2) is 0 Å². The number of aliphatic hydroxyl groups is 1. The number of hydrogen-bond acceptors (Lipinski definition) is 4. The highest BCUT2D eigenvalue weighted by Gasteiger charge is 2.36. The Morgan fingerprint density at radius 3 is 2.55 bits per heavy atom. The van der Waals surface area contributed by atoms with Crippen molar-refractivity contribution < 1.29 is 18.3 Å². The first-order valence-corrected chi connectivity index (χ1v) is 6.51. The number of thiocarbonyl (C=S) groups is 1. The average Bonchev–Trinajstić information content (AvgIpc) is 3.18. The van der Waals surface area contributed by atoms with E-state index in [0.29, 0.717) is 5.56 Å². The molecular weight excluding hydrogens is 291 g/mol. The summed E-state index contributed by atoms with van der Waals surface area (Å²) in [6, 6.07) is 2.19. The summed E-state index contributed by atoms with van der Waals surface area (Å²) in [6.07, 6.45) is -2.82. The van der Waals surface area contributed by atoms with Crippen LogP contribution in [-0.4, -0.2) is 34.3 Å². The zero-order chi connectivity index (χ0) is 14.9. The standard InChI is InChI=1S/C12H14F3N3OS/c13-12(14,15)9-4-3-8(10(16)20)11(17-9)18(5-6-19)7-1-2-7/h3-4,7,19H,1-2,5-6H2,(H2,16,20). The summed E-state index contributed by atoms with van der Waals surface area (Å²) < 4.78 is 38.3. The molecule has 0 aromatic carbocycles. The lowest BCUT2D eigenvalue weighted by atomic mass is 10.2. The SMILES string of the molecule is NC(=S)c1ccc(C(F)(F)F)nc1N(CCO)C1CC1. The van der Waals surface area contributed by atoms with Crippen molar-refractivity contribution >= 4 is 23.0 Å². The summed E-state index contributed by atoms with van der Waals surface area (Å²) in [6.45, 7) is 0.0276. The summed E-state index contributed by atoms with van der Waals surface area (Å²) in [5.41, 5.74) is 4.86. The van der Waals surface area contributed by atoms with E-state index in [1.54, 1.807) is 4.90 Å². The van der Waals surface area contributed by atoms with Gasteiger partial charge in [-0.15, -0.1) is 0 Å². The van der Waals surface area contributed by atoms with Crippen molar-refractivity contribution in [1.29, 1.82) is 0 Å². The number of anilines is 1. The molecule has 1 heterocycles. The minimum atomic E-state index is -4.53. The third kappa shape index (κ3) is 3.18. The Bertz CT molecular complexity index is 517. The third-order valence-corrected chi connectivity index (χ3v) is 3.25. The predicted octanol–water partition coefficient (Wildman–Crippen LogP) is 1.70. The Kier molecular flexibility index (Phi) is 4.14. The topological polar surface area (TPSA) is 62.4 Å². The second-order valence-corrected chi connectivity index (χ2v) is 5.02. The van der Waals surface area contributed by atoms with Gasteiger partial charge in [-0.2, -0.15) is 13.2 Å². The Hall–Kier alpha value is -1.41. The van der Waals surface area contributed by atoms with Gasteiger partial charge in [0.25, 0.3) is 0 Å². The first-order valence-electron chi connectivity index (χ1n) is 6.10. The Labute approximate surface area is 119 Å². The van der Waals surface area contributed by atoms with Crippen LogP contribution >= 0.6 is 12.2 Å². The number of pyridine rings is 1. The van der Waals surface area contributed by atoms with E-state index in [0.717, 1.165) is 18.9 Å². The number of alkyl halides is 3. The molecule has 1 aromatic heterocycles. The van der Waals surface area contributed by atoms with E-state index in [9.17, 15) is 13.2 Å². The van der Waals surface area contributed by atoms with Gasteiger partial charge < -0.3 is 15.7 Å². The first-order chi connectivity index (χ1) is 9.34. The van der Waals surface area contributed by atoms with Crippen LogP contribution in [0.25, 0.3) is 0 Å². The van der Waals surface area contributed by atoms with Crippen molar-refractivity contribution in [3.8, 4) is 0 Å². The highest BCUT2D eigenvalue weighted by atomic mass is 32.1. The fourth-order valence-corrected chi connectivity index (χ4v) is 2.13. The van der Waals surface area contributed by atoms with Crippen molar-refractivity contribution in [2.24, 2.45) is 5.73 Å². The second-order valence-electron chi connectivity index (χ2n) is 4.58. The second kappa shape index (κ2) is 5.53. The van der Waals surface area contributed by atoms with E-state index >= 15 is 0 Å². The van der Waals surface area contributed by atoms with Gasteiger partial charge in [-0.05, 0) is 25.0 Å². The molecule has 20 heavy (non-hydrogen) atoms. The van der Waals surface area contributed by atoms with Crippen LogP contribution in [0.2, 0.25) is 0 Å². The van der Waals surface area contributed by atoms with Gasteiger partial charge in [-0.3, -0.25) is 0 Å². The fraction of sp³-hybridized carbons (Fsp3) is 0.500. The van der Waals surface area contributed by atoms with Crippen LogP contribution in [0, 0.1) is 0 Å². The Morgan fingerprint density at radius 2 is 2.10 bits per heavy atom. The lowest BCUT2D eigenvalue weighted by molar-refractivity contribution is -0.141. The predicted molar refractivity (Wildman–Crippen MR) is 72.6 cm³/mol. The molecule has 1 aliphatic carbocycles. The van der Waals surface area contributed by atoms with Crippen LogP contribution in [-0.2, 0) is 6.18 Å². The van der Waals surface area contributed by atoms with Gasteiger partial charge in [0.05, 0.1) is 12.2 Å². The number of aliphatic hydroxyl groups excluding tert-OH is 1. The maximum atomic E-state index is 12.8. The molecule has 8 heteroatoms. The molecule has 0 spiro atoms. The third-order valence-electron chi connectivity index (χ3n) is 3.03. The summed E-state index contributed by atoms with van der Waals surface area (Å²) >= 11 is 4.86.